The first-order valence-electron chi connectivity index (χ1n) is 9.46. The summed E-state index contributed by atoms with van der Waals surface area (Å²) in [5.74, 6) is 0.806. The van der Waals surface area contributed by atoms with Crippen LogP contribution in [-0.4, -0.2) is 31.1 Å². The number of rotatable bonds is 9. The Morgan fingerprint density at radius 2 is 1.82 bits per heavy atom. The van der Waals surface area contributed by atoms with E-state index in [1.807, 2.05) is 49.5 Å². The fourth-order valence-electron chi connectivity index (χ4n) is 2.96. The topological polar surface area (TPSA) is 54.7 Å². The van der Waals surface area contributed by atoms with Crippen molar-refractivity contribution in [2.75, 3.05) is 20.2 Å². The number of nitrogens with one attached hydrogen (secondary N) is 1. The molecule has 0 aliphatic rings. The predicted molar refractivity (Wildman–Crippen MR) is 110 cm³/mol. The molecule has 5 heteroatoms. The van der Waals surface area contributed by atoms with E-state index in [0.29, 0.717) is 26.3 Å². The molecule has 1 N–H and O–H groups in total. The van der Waals surface area contributed by atoms with Crippen molar-refractivity contribution < 1.29 is 13.9 Å². The maximum absolute atomic E-state index is 12.4. The zero-order chi connectivity index (χ0) is 19.6. The van der Waals surface area contributed by atoms with Crippen molar-refractivity contribution in [1.82, 2.24) is 10.2 Å². The number of carbonyl (C=O) groups excluding carboxylic acids is 1. The molecule has 0 saturated carbocycles. The van der Waals surface area contributed by atoms with Crippen LogP contribution in [0, 0.1) is 0 Å². The number of carbonyl (C=O) groups is 1. The molecule has 1 aromatic heterocycles. The van der Waals surface area contributed by atoms with Crippen molar-refractivity contribution in [2.24, 2.45) is 0 Å². The minimum absolute atomic E-state index is 0.0890. The molecule has 0 aliphatic carbocycles. The molecular weight excluding hydrogens is 352 g/mol. The van der Waals surface area contributed by atoms with Crippen LogP contribution in [0.15, 0.2) is 77.4 Å². The molecule has 0 aliphatic heterocycles. The number of furan rings is 1. The average Bonchev–Trinajstić information content (AvgIpc) is 3.25. The van der Waals surface area contributed by atoms with Gasteiger partial charge in [0.2, 0.25) is 0 Å². The fraction of sp³-hybridized carbons (Fsp3) is 0.261. The van der Waals surface area contributed by atoms with Gasteiger partial charge in [0, 0.05) is 26.7 Å². The molecule has 28 heavy (non-hydrogen) atoms. The monoisotopic (exact) mass is 378 g/mol. The van der Waals surface area contributed by atoms with Crippen LogP contribution < -0.4 is 5.32 Å². The van der Waals surface area contributed by atoms with E-state index in [4.69, 9.17) is 9.15 Å². The van der Waals surface area contributed by atoms with Crippen LogP contribution in [0.1, 0.15) is 17.7 Å². The van der Waals surface area contributed by atoms with Crippen LogP contribution in [-0.2, 0) is 17.9 Å². The lowest BCUT2D eigenvalue weighted by molar-refractivity contribution is 0.104. The highest BCUT2D eigenvalue weighted by Gasteiger charge is 2.11. The summed E-state index contributed by atoms with van der Waals surface area (Å²) in [6.45, 7) is 2.15. The first-order chi connectivity index (χ1) is 13.7. The summed E-state index contributed by atoms with van der Waals surface area (Å²) < 4.78 is 10.7. The molecule has 2 amide bonds. The second kappa shape index (κ2) is 10.3. The van der Waals surface area contributed by atoms with E-state index in [0.717, 1.165) is 28.9 Å². The minimum atomic E-state index is -0.0890. The van der Waals surface area contributed by atoms with Crippen LogP contribution in [0.5, 0.6) is 0 Å². The van der Waals surface area contributed by atoms with E-state index >= 15 is 0 Å². The van der Waals surface area contributed by atoms with Crippen molar-refractivity contribution in [2.45, 2.75) is 19.6 Å². The summed E-state index contributed by atoms with van der Waals surface area (Å²) in [6, 6.07) is 22.0. The van der Waals surface area contributed by atoms with Crippen molar-refractivity contribution in [3.63, 3.8) is 0 Å². The highest BCUT2D eigenvalue weighted by atomic mass is 16.5. The van der Waals surface area contributed by atoms with E-state index in [1.165, 1.54) is 0 Å². The third kappa shape index (κ3) is 5.72. The number of amides is 2. The highest BCUT2D eigenvalue weighted by molar-refractivity contribution is 5.74. The van der Waals surface area contributed by atoms with Crippen LogP contribution in [0.4, 0.5) is 4.79 Å². The molecule has 0 radical (unpaired) electrons. The normalized spacial score (nSPS) is 10.6. The molecular formula is C23H26N2O3. The standard InChI is InChI=1S/C23H26N2O3/c1-25(23(26)24-14-8-15-27-18-21-12-7-16-28-21)17-20-11-5-6-13-22(20)19-9-3-2-4-10-19/h2-7,9-13,16H,8,14-15,17-18H2,1H3,(H,24,26). The van der Waals surface area contributed by atoms with E-state index in [-0.39, 0.29) is 6.03 Å². The van der Waals surface area contributed by atoms with Crippen LogP contribution in [0.3, 0.4) is 0 Å². The zero-order valence-corrected chi connectivity index (χ0v) is 16.1. The number of hydrogen-bond acceptors (Lipinski definition) is 3. The van der Waals surface area contributed by atoms with Crippen LogP contribution in [0.25, 0.3) is 11.1 Å². The molecule has 0 saturated heterocycles. The molecule has 0 fully saturated rings. The second-order valence-electron chi connectivity index (χ2n) is 6.60. The molecule has 2 aromatic carbocycles. The molecule has 0 atom stereocenters. The summed E-state index contributed by atoms with van der Waals surface area (Å²) in [5, 5.41) is 2.94. The van der Waals surface area contributed by atoms with Gasteiger partial charge in [0.1, 0.15) is 12.4 Å². The van der Waals surface area contributed by atoms with Crippen molar-refractivity contribution in [3.8, 4) is 11.1 Å². The Morgan fingerprint density at radius 1 is 1.04 bits per heavy atom. The Labute approximate surface area is 165 Å². The van der Waals surface area contributed by atoms with E-state index in [1.54, 1.807) is 11.2 Å². The van der Waals surface area contributed by atoms with Gasteiger partial charge in [0.05, 0.1) is 6.26 Å². The minimum Gasteiger partial charge on any atom is -0.467 e. The van der Waals surface area contributed by atoms with Gasteiger partial charge >= 0.3 is 6.03 Å². The van der Waals surface area contributed by atoms with Crippen LogP contribution in [0.2, 0.25) is 0 Å². The third-order valence-corrected chi connectivity index (χ3v) is 4.42. The Morgan fingerprint density at radius 3 is 2.61 bits per heavy atom. The van der Waals surface area contributed by atoms with Gasteiger partial charge in [-0.25, -0.2) is 4.79 Å². The quantitative estimate of drug-likeness (QED) is 0.549. The Kier molecular flexibility index (Phi) is 7.27. The Balaban J connectivity index is 1.43. The highest BCUT2D eigenvalue weighted by Crippen LogP contribution is 2.24. The smallest absolute Gasteiger partial charge is 0.317 e. The lowest BCUT2D eigenvalue weighted by Gasteiger charge is -2.20. The molecule has 0 unspecified atom stereocenters. The van der Waals surface area contributed by atoms with Crippen molar-refractivity contribution in [1.29, 1.82) is 0 Å². The van der Waals surface area contributed by atoms with E-state index < -0.39 is 0 Å². The molecule has 1 heterocycles. The molecule has 0 spiro atoms. The Hall–Kier alpha value is -3.05. The van der Waals surface area contributed by atoms with Gasteiger partial charge in [-0.3, -0.25) is 0 Å². The van der Waals surface area contributed by atoms with Gasteiger partial charge in [-0.1, -0.05) is 54.6 Å². The van der Waals surface area contributed by atoms with Gasteiger partial charge in [0.25, 0.3) is 0 Å². The number of benzene rings is 2. The summed E-state index contributed by atoms with van der Waals surface area (Å²) in [7, 11) is 1.81. The van der Waals surface area contributed by atoms with Gasteiger partial charge < -0.3 is 19.4 Å². The predicted octanol–water partition coefficient (Wildman–Crippen LogP) is 4.69. The zero-order valence-electron chi connectivity index (χ0n) is 16.1. The Bertz CT molecular complexity index is 847. The average molecular weight is 378 g/mol. The van der Waals surface area contributed by atoms with Crippen molar-refractivity contribution in [3.05, 3.63) is 84.3 Å². The number of urea groups is 1. The number of ether oxygens (including phenoxy) is 1. The van der Waals surface area contributed by atoms with Crippen LogP contribution >= 0.6 is 0 Å². The summed E-state index contributed by atoms with van der Waals surface area (Å²) in [6.07, 6.45) is 2.38. The molecule has 146 valence electrons. The first-order valence-corrected chi connectivity index (χ1v) is 9.46. The molecule has 5 nitrogen and oxygen atoms in total. The SMILES string of the molecule is CN(Cc1ccccc1-c1ccccc1)C(=O)NCCCOCc1ccco1. The molecule has 3 aromatic rings. The number of nitrogens with zero attached hydrogens (tertiary/aromatic N) is 1. The first kappa shape index (κ1) is 19.7. The van der Waals surface area contributed by atoms with Gasteiger partial charge in [-0.15, -0.1) is 0 Å². The van der Waals surface area contributed by atoms with E-state index in [9.17, 15) is 4.79 Å². The molecule has 3 rings (SSSR count). The maximum Gasteiger partial charge on any atom is 0.317 e. The summed E-state index contributed by atoms with van der Waals surface area (Å²) in [5.41, 5.74) is 3.42. The molecule has 0 bridgehead atoms. The summed E-state index contributed by atoms with van der Waals surface area (Å²) in [4.78, 5) is 14.1. The summed E-state index contributed by atoms with van der Waals surface area (Å²) >= 11 is 0. The largest absolute Gasteiger partial charge is 0.467 e. The van der Waals surface area contributed by atoms with Gasteiger partial charge in [0.15, 0.2) is 0 Å². The van der Waals surface area contributed by atoms with Gasteiger partial charge in [-0.05, 0) is 35.2 Å². The third-order valence-electron chi connectivity index (χ3n) is 4.42. The number of hydrogen-bond donors (Lipinski definition) is 1. The fourth-order valence-corrected chi connectivity index (χ4v) is 2.96. The van der Waals surface area contributed by atoms with Gasteiger partial charge in [-0.2, -0.15) is 0 Å². The lowest BCUT2D eigenvalue weighted by atomic mass is 9.99. The lowest BCUT2D eigenvalue weighted by Crippen LogP contribution is -2.37. The second-order valence-corrected chi connectivity index (χ2v) is 6.60. The van der Waals surface area contributed by atoms with E-state index in [2.05, 4.69) is 29.6 Å². The van der Waals surface area contributed by atoms with Crippen molar-refractivity contribution >= 4 is 6.03 Å². The maximum atomic E-state index is 12.4.